The van der Waals surface area contributed by atoms with Crippen molar-refractivity contribution >= 4 is 69.6 Å². The van der Waals surface area contributed by atoms with Gasteiger partial charge in [-0.3, -0.25) is 28.8 Å². The van der Waals surface area contributed by atoms with Crippen molar-refractivity contribution in [2.24, 2.45) is 0 Å². The monoisotopic (exact) mass is 530 g/mol. The van der Waals surface area contributed by atoms with Crippen molar-refractivity contribution < 1.29 is 28.8 Å². The molecule has 6 rings (SSSR count). The lowest BCUT2D eigenvalue weighted by atomic mass is 10.1. The van der Waals surface area contributed by atoms with E-state index in [0.29, 0.717) is 34.1 Å². The van der Waals surface area contributed by atoms with Crippen LogP contribution in [0.5, 0.6) is 0 Å². The highest BCUT2D eigenvalue weighted by atomic mass is 16.2. The molecule has 40 heavy (non-hydrogen) atoms. The number of amides is 6. The van der Waals surface area contributed by atoms with Crippen molar-refractivity contribution in [3.05, 3.63) is 109 Å². The lowest BCUT2D eigenvalue weighted by Crippen LogP contribution is -2.29. The third-order valence-corrected chi connectivity index (χ3v) is 6.53. The quantitative estimate of drug-likeness (QED) is 0.449. The zero-order valence-electron chi connectivity index (χ0n) is 20.6. The van der Waals surface area contributed by atoms with E-state index < -0.39 is 35.4 Å². The fraction of sp³-hybridized carbons (Fsp3) is 0. The molecule has 0 aromatic heterocycles. The van der Waals surface area contributed by atoms with Crippen LogP contribution < -0.4 is 19.6 Å². The summed E-state index contributed by atoms with van der Waals surface area (Å²) < 4.78 is 0. The van der Waals surface area contributed by atoms with Crippen molar-refractivity contribution in [2.75, 3.05) is 19.6 Å². The minimum atomic E-state index is -0.429. The second kappa shape index (κ2) is 9.44. The molecule has 6 amide bonds. The average Bonchev–Trinajstić information content (AvgIpc) is 3.60. The maximum atomic E-state index is 12.1. The van der Waals surface area contributed by atoms with Gasteiger partial charge in [-0.15, -0.1) is 0 Å². The second-order valence-electron chi connectivity index (χ2n) is 8.92. The van der Waals surface area contributed by atoms with Crippen LogP contribution >= 0.6 is 0 Å². The largest absolute Gasteiger partial charge is 0.310 e. The van der Waals surface area contributed by atoms with Crippen LogP contribution in [0.15, 0.2) is 109 Å². The Bertz CT molecular complexity index is 1450. The van der Waals surface area contributed by atoms with E-state index in [1.807, 2.05) is 4.90 Å². The number of carbonyl (C=O) groups is 6. The Balaban J connectivity index is 1.37. The molecule has 0 bridgehead atoms. The van der Waals surface area contributed by atoms with Crippen molar-refractivity contribution in [1.29, 1.82) is 0 Å². The molecule has 10 nitrogen and oxygen atoms in total. The summed E-state index contributed by atoms with van der Waals surface area (Å²) in [7, 11) is 0. The van der Waals surface area contributed by atoms with E-state index in [2.05, 4.69) is 0 Å². The number of hydrogen-bond donors (Lipinski definition) is 0. The van der Waals surface area contributed by atoms with Crippen LogP contribution in [0, 0.1) is 0 Å². The third-order valence-electron chi connectivity index (χ3n) is 6.53. The Morgan fingerprint density at radius 3 is 0.725 bits per heavy atom. The van der Waals surface area contributed by atoms with Crippen molar-refractivity contribution in [3.8, 4) is 0 Å². The van der Waals surface area contributed by atoms with Gasteiger partial charge in [-0.2, -0.15) is 0 Å². The normalized spacial score (nSPS) is 16.4. The number of hydrogen-bond acceptors (Lipinski definition) is 7. The van der Waals surface area contributed by atoms with Crippen molar-refractivity contribution in [1.82, 2.24) is 0 Å². The highest BCUT2D eigenvalue weighted by Crippen LogP contribution is 2.38. The molecule has 3 aliphatic heterocycles. The zero-order chi connectivity index (χ0) is 28.0. The highest BCUT2D eigenvalue weighted by molar-refractivity contribution is 6.29. The Kier molecular flexibility index (Phi) is 5.77. The number of carbonyl (C=O) groups excluding carboxylic acids is 6. The first-order valence-corrected chi connectivity index (χ1v) is 12.1. The van der Waals surface area contributed by atoms with Gasteiger partial charge in [0.25, 0.3) is 35.4 Å². The molecule has 3 aromatic rings. The molecule has 0 unspecified atom stereocenters. The van der Waals surface area contributed by atoms with E-state index in [1.165, 1.54) is 36.5 Å². The van der Waals surface area contributed by atoms with E-state index in [4.69, 9.17) is 0 Å². The molecule has 0 saturated heterocycles. The van der Waals surface area contributed by atoms with Gasteiger partial charge < -0.3 is 4.90 Å². The third kappa shape index (κ3) is 4.09. The first-order valence-electron chi connectivity index (χ1n) is 12.1. The molecule has 3 aliphatic rings. The van der Waals surface area contributed by atoms with Gasteiger partial charge in [0.2, 0.25) is 0 Å². The standard InChI is InChI=1S/C30H18N4O6/c35-25-13-14-26(36)32(25)22-7-1-19(2-8-22)31(20-3-9-23(10-4-20)33-27(37)15-16-28(33)38)21-5-11-24(12-6-21)34-29(39)17-18-30(34)40/h1-18H. The summed E-state index contributed by atoms with van der Waals surface area (Å²) in [5, 5.41) is 0. The smallest absolute Gasteiger partial charge is 0.258 e. The summed E-state index contributed by atoms with van der Waals surface area (Å²) >= 11 is 0. The van der Waals surface area contributed by atoms with E-state index in [9.17, 15) is 28.8 Å². The predicted molar refractivity (Wildman–Crippen MR) is 146 cm³/mol. The minimum Gasteiger partial charge on any atom is -0.310 e. The molecule has 0 spiro atoms. The van der Waals surface area contributed by atoms with E-state index in [1.54, 1.807) is 72.8 Å². The fourth-order valence-electron chi connectivity index (χ4n) is 4.66. The topological polar surface area (TPSA) is 115 Å². The Labute approximate surface area is 227 Å². The van der Waals surface area contributed by atoms with Gasteiger partial charge in [0.15, 0.2) is 0 Å². The van der Waals surface area contributed by atoms with Gasteiger partial charge in [0, 0.05) is 53.5 Å². The summed E-state index contributed by atoms with van der Waals surface area (Å²) in [5.41, 5.74) is 3.23. The highest BCUT2D eigenvalue weighted by Gasteiger charge is 2.28. The number of anilines is 6. The lowest BCUT2D eigenvalue weighted by molar-refractivity contribution is -0.121. The molecule has 0 saturated carbocycles. The van der Waals surface area contributed by atoms with Crippen LogP contribution in [0.4, 0.5) is 34.1 Å². The molecular weight excluding hydrogens is 512 g/mol. The van der Waals surface area contributed by atoms with Gasteiger partial charge in [-0.25, -0.2) is 14.7 Å². The van der Waals surface area contributed by atoms with Gasteiger partial charge >= 0.3 is 0 Å². The van der Waals surface area contributed by atoms with Crippen molar-refractivity contribution in [3.63, 3.8) is 0 Å². The molecule has 3 aromatic carbocycles. The van der Waals surface area contributed by atoms with Crippen molar-refractivity contribution in [2.45, 2.75) is 0 Å². The summed E-state index contributed by atoms with van der Waals surface area (Å²) in [5.74, 6) is -2.57. The summed E-state index contributed by atoms with van der Waals surface area (Å²) in [6.45, 7) is 0. The summed E-state index contributed by atoms with van der Waals surface area (Å²) in [4.78, 5) is 77.8. The van der Waals surface area contributed by atoms with Crippen LogP contribution in [0.3, 0.4) is 0 Å². The maximum Gasteiger partial charge on any atom is 0.258 e. The number of rotatable bonds is 6. The van der Waals surface area contributed by atoms with E-state index in [-0.39, 0.29) is 0 Å². The Morgan fingerprint density at radius 1 is 0.325 bits per heavy atom. The summed E-state index contributed by atoms with van der Waals surface area (Å²) in [6.07, 6.45) is 7.26. The van der Waals surface area contributed by atoms with Crippen LogP contribution in [-0.2, 0) is 28.8 Å². The van der Waals surface area contributed by atoms with Crippen LogP contribution in [0.2, 0.25) is 0 Å². The minimum absolute atomic E-state index is 0.409. The van der Waals surface area contributed by atoms with E-state index >= 15 is 0 Å². The molecule has 0 radical (unpaired) electrons. The fourth-order valence-corrected chi connectivity index (χ4v) is 4.66. The number of nitrogens with zero attached hydrogens (tertiary/aromatic N) is 4. The van der Waals surface area contributed by atoms with E-state index in [0.717, 1.165) is 14.7 Å². The predicted octanol–water partition coefficient (Wildman–Crippen LogP) is 3.44. The summed E-state index contributed by atoms with van der Waals surface area (Å²) in [6, 6.07) is 20.3. The van der Waals surface area contributed by atoms with Crippen LogP contribution in [0.25, 0.3) is 0 Å². The number of imide groups is 3. The molecule has 10 heteroatoms. The molecule has 0 N–H and O–H groups in total. The number of benzene rings is 3. The first kappa shape index (κ1) is 24.4. The Morgan fingerprint density at radius 2 is 0.525 bits per heavy atom. The second-order valence-corrected chi connectivity index (χ2v) is 8.92. The van der Waals surface area contributed by atoms with Gasteiger partial charge in [-0.05, 0) is 72.8 Å². The SMILES string of the molecule is O=C1C=CC(=O)N1c1ccc(N(c2ccc(N3C(=O)C=CC3=O)cc2)c2ccc(N3C(=O)C=CC3=O)cc2)cc1. The molecular formula is C30H18N4O6. The van der Waals surface area contributed by atoms with Crippen LogP contribution in [-0.4, -0.2) is 35.4 Å². The van der Waals surface area contributed by atoms with Crippen LogP contribution in [0.1, 0.15) is 0 Å². The molecule has 0 atom stereocenters. The van der Waals surface area contributed by atoms with Gasteiger partial charge in [0.1, 0.15) is 0 Å². The average molecular weight is 530 g/mol. The first-order chi connectivity index (χ1) is 19.3. The maximum absolute atomic E-state index is 12.1. The van der Waals surface area contributed by atoms with Gasteiger partial charge in [-0.1, -0.05) is 0 Å². The molecule has 0 fully saturated rings. The zero-order valence-corrected chi connectivity index (χ0v) is 20.6. The molecule has 3 heterocycles. The molecule has 0 aliphatic carbocycles. The lowest BCUT2D eigenvalue weighted by Gasteiger charge is -2.27. The Hall–Kier alpha value is -5.90. The molecule has 194 valence electrons. The van der Waals surface area contributed by atoms with Gasteiger partial charge in [0.05, 0.1) is 17.1 Å².